The van der Waals surface area contributed by atoms with Crippen molar-refractivity contribution in [3.05, 3.63) is 39.9 Å². The first kappa shape index (κ1) is 13.0. The fourth-order valence-corrected chi connectivity index (χ4v) is 2.16. The van der Waals surface area contributed by atoms with Crippen molar-refractivity contribution in [2.24, 2.45) is 0 Å². The second-order valence-corrected chi connectivity index (χ2v) is 4.98. The molecule has 0 spiro atoms. The molecule has 0 aromatic heterocycles. The minimum absolute atomic E-state index is 0.122. The van der Waals surface area contributed by atoms with E-state index < -0.39 is 4.92 Å². The molecule has 1 rings (SSSR count). The summed E-state index contributed by atoms with van der Waals surface area (Å²) in [6, 6.07) is 6.59. The van der Waals surface area contributed by atoms with Crippen LogP contribution in [0, 0.1) is 10.1 Å². The van der Waals surface area contributed by atoms with E-state index in [0.29, 0.717) is 5.25 Å². The number of benzene rings is 1. The Morgan fingerprint density at radius 3 is 2.56 bits per heavy atom. The van der Waals surface area contributed by atoms with E-state index in [9.17, 15) is 10.1 Å². The molecule has 0 saturated carbocycles. The Balaban J connectivity index is 2.46. The van der Waals surface area contributed by atoms with E-state index in [1.54, 1.807) is 23.9 Å². The molecule has 1 aromatic rings. The van der Waals surface area contributed by atoms with Gasteiger partial charge >= 0.3 is 0 Å². The van der Waals surface area contributed by atoms with Crippen molar-refractivity contribution >= 4 is 17.4 Å². The number of nitrogens with zero attached hydrogens (tertiary/aromatic N) is 1. The third-order valence-electron chi connectivity index (χ3n) is 2.22. The van der Waals surface area contributed by atoms with Crippen molar-refractivity contribution in [2.45, 2.75) is 24.3 Å². The van der Waals surface area contributed by atoms with Crippen molar-refractivity contribution in [3.63, 3.8) is 0 Å². The van der Waals surface area contributed by atoms with Gasteiger partial charge in [-0.3, -0.25) is 10.1 Å². The summed E-state index contributed by atoms with van der Waals surface area (Å²) in [4.78, 5) is 10.0. The predicted octanol–water partition coefficient (Wildman–Crippen LogP) is 2.60. The molecule has 1 N–H and O–H groups in total. The van der Waals surface area contributed by atoms with Crippen LogP contribution in [0.5, 0.6) is 0 Å². The van der Waals surface area contributed by atoms with Crippen LogP contribution in [0.1, 0.15) is 18.9 Å². The highest BCUT2D eigenvalue weighted by molar-refractivity contribution is 7.99. The van der Waals surface area contributed by atoms with Crippen LogP contribution in [0.4, 0.5) is 5.69 Å². The van der Waals surface area contributed by atoms with Crippen LogP contribution in [0.15, 0.2) is 24.3 Å². The number of hydrogen-bond acceptors (Lipinski definition) is 4. The fourth-order valence-electron chi connectivity index (χ4n) is 1.22. The Hall–Kier alpha value is -1.07. The lowest BCUT2D eigenvalue weighted by Gasteiger charge is -2.08. The van der Waals surface area contributed by atoms with Crippen molar-refractivity contribution in [1.29, 1.82) is 0 Å². The Morgan fingerprint density at radius 2 is 2.06 bits per heavy atom. The third kappa shape index (κ3) is 4.20. The SMILES string of the molecule is CC(CCO)SCc1ccc([N+](=O)[O-])cc1. The zero-order chi connectivity index (χ0) is 12.0. The summed E-state index contributed by atoms with van der Waals surface area (Å²) in [6.45, 7) is 2.26. The molecule has 0 aliphatic rings. The molecule has 88 valence electrons. The van der Waals surface area contributed by atoms with Crippen LogP contribution < -0.4 is 0 Å². The summed E-state index contributed by atoms with van der Waals surface area (Å²) < 4.78 is 0. The lowest BCUT2D eigenvalue weighted by molar-refractivity contribution is -0.384. The van der Waals surface area contributed by atoms with Crippen LogP contribution in [0.2, 0.25) is 0 Å². The van der Waals surface area contributed by atoms with E-state index >= 15 is 0 Å². The minimum Gasteiger partial charge on any atom is -0.396 e. The Kier molecular flexibility index (Phi) is 5.28. The highest BCUT2D eigenvalue weighted by Crippen LogP contribution is 2.21. The molecule has 1 aromatic carbocycles. The molecule has 0 amide bonds. The Labute approximate surface area is 98.8 Å². The minimum atomic E-state index is -0.398. The molecular formula is C11H15NO3S. The van der Waals surface area contributed by atoms with Crippen LogP contribution in [0.25, 0.3) is 0 Å². The van der Waals surface area contributed by atoms with Gasteiger partial charge in [-0.25, -0.2) is 0 Å². The molecular weight excluding hydrogens is 226 g/mol. The summed E-state index contributed by atoms with van der Waals surface area (Å²) in [5.41, 5.74) is 1.19. The number of thioether (sulfide) groups is 1. The van der Waals surface area contributed by atoms with E-state index in [4.69, 9.17) is 5.11 Å². The van der Waals surface area contributed by atoms with E-state index in [-0.39, 0.29) is 12.3 Å². The van der Waals surface area contributed by atoms with Gasteiger partial charge in [0, 0.05) is 29.7 Å². The van der Waals surface area contributed by atoms with Gasteiger partial charge in [-0.2, -0.15) is 11.8 Å². The molecule has 0 fully saturated rings. The molecule has 1 unspecified atom stereocenters. The van der Waals surface area contributed by atoms with Crippen molar-refractivity contribution in [3.8, 4) is 0 Å². The number of rotatable bonds is 6. The second kappa shape index (κ2) is 6.50. The maximum Gasteiger partial charge on any atom is 0.269 e. The first-order valence-electron chi connectivity index (χ1n) is 5.09. The molecule has 0 aliphatic heterocycles. The van der Waals surface area contributed by atoms with Gasteiger partial charge in [0.05, 0.1) is 4.92 Å². The number of nitro groups is 1. The summed E-state index contributed by atoms with van der Waals surface area (Å²) in [6.07, 6.45) is 0.775. The van der Waals surface area contributed by atoms with Crippen LogP contribution in [-0.2, 0) is 5.75 Å². The molecule has 4 nitrogen and oxygen atoms in total. The highest BCUT2D eigenvalue weighted by Gasteiger charge is 2.05. The van der Waals surface area contributed by atoms with Gasteiger partial charge in [0.2, 0.25) is 0 Å². The summed E-state index contributed by atoms with van der Waals surface area (Å²) in [5.74, 6) is 0.819. The molecule has 0 aliphatic carbocycles. The number of aliphatic hydroxyl groups is 1. The molecule has 0 radical (unpaired) electrons. The van der Waals surface area contributed by atoms with Crippen LogP contribution in [0.3, 0.4) is 0 Å². The van der Waals surface area contributed by atoms with Gasteiger partial charge < -0.3 is 5.11 Å². The number of nitro benzene ring substituents is 1. The van der Waals surface area contributed by atoms with Gasteiger partial charge in [0.15, 0.2) is 0 Å². The average molecular weight is 241 g/mol. The standard InChI is InChI=1S/C11H15NO3S/c1-9(6-7-13)16-8-10-2-4-11(5-3-10)12(14)15/h2-5,9,13H,6-8H2,1H3. The second-order valence-electron chi connectivity index (χ2n) is 3.56. The number of non-ortho nitro benzene ring substituents is 1. The first-order chi connectivity index (χ1) is 7.63. The summed E-state index contributed by atoms with van der Waals surface area (Å²) in [5, 5.41) is 19.6. The van der Waals surface area contributed by atoms with Gasteiger partial charge in [-0.15, -0.1) is 0 Å². The van der Waals surface area contributed by atoms with Gasteiger partial charge in [-0.05, 0) is 12.0 Å². The van der Waals surface area contributed by atoms with E-state index in [1.807, 2.05) is 0 Å². The van der Waals surface area contributed by atoms with Gasteiger partial charge in [0.25, 0.3) is 5.69 Å². The fraction of sp³-hybridized carbons (Fsp3) is 0.455. The maximum absolute atomic E-state index is 10.4. The Bertz CT molecular complexity index is 340. The maximum atomic E-state index is 10.4. The first-order valence-corrected chi connectivity index (χ1v) is 6.14. The lowest BCUT2D eigenvalue weighted by atomic mass is 10.2. The van der Waals surface area contributed by atoms with Gasteiger partial charge in [-0.1, -0.05) is 19.1 Å². The Morgan fingerprint density at radius 1 is 1.44 bits per heavy atom. The number of aliphatic hydroxyl groups excluding tert-OH is 1. The lowest BCUT2D eigenvalue weighted by Crippen LogP contribution is -1.99. The number of hydrogen-bond donors (Lipinski definition) is 1. The summed E-state index contributed by atoms with van der Waals surface area (Å²) in [7, 11) is 0. The molecule has 0 saturated heterocycles. The molecule has 1 atom stereocenters. The van der Waals surface area contributed by atoms with Crippen LogP contribution in [-0.4, -0.2) is 21.9 Å². The van der Waals surface area contributed by atoms with Gasteiger partial charge in [0.1, 0.15) is 0 Å². The zero-order valence-electron chi connectivity index (χ0n) is 9.13. The van der Waals surface area contributed by atoms with E-state index in [1.165, 1.54) is 12.1 Å². The molecule has 5 heteroatoms. The molecule has 0 bridgehead atoms. The molecule has 0 heterocycles. The van der Waals surface area contributed by atoms with Crippen LogP contribution >= 0.6 is 11.8 Å². The largest absolute Gasteiger partial charge is 0.396 e. The van der Waals surface area contributed by atoms with Crippen molar-refractivity contribution in [2.75, 3.05) is 6.61 Å². The van der Waals surface area contributed by atoms with Crippen molar-refractivity contribution < 1.29 is 10.0 Å². The third-order valence-corrected chi connectivity index (χ3v) is 3.52. The topological polar surface area (TPSA) is 63.4 Å². The predicted molar refractivity (Wildman–Crippen MR) is 65.6 cm³/mol. The van der Waals surface area contributed by atoms with E-state index in [2.05, 4.69) is 6.92 Å². The monoisotopic (exact) mass is 241 g/mol. The smallest absolute Gasteiger partial charge is 0.269 e. The van der Waals surface area contributed by atoms with E-state index in [0.717, 1.165) is 17.7 Å². The summed E-state index contributed by atoms with van der Waals surface area (Å²) >= 11 is 1.74. The zero-order valence-corrected chi connectivity index (χ0v) is 9.94. The average Bonchev–Trinajstić information content (AvgIpc) is 2.27. The highest BCUT2D eigenvalue weighted by atomic mass is 32.2. The van der Waals surface area contributed by atoms with Crippen molar-refractivity contribution in [1.82, 2.24) is 0 Å². The normalized spacial score (nSPS) is 12.4. The molecule has 16 heavy (non-hydrogen) atoms. The quantitative estimate of drug-likeness (QED) is 0.614.